The van der Waals surface area contributed by atoms with Gasteiger partial charge in [0.15, 0.2) is 5.75 Å². The second kappa shape index (κ2) is 10.4. The number of anilines is 2. The fourth-order valence-corrected chi connectivity index (χ4v) is 4.47. The maximum absolute atomic E-state index is 12.9. The second-order valence-electron chi connectivity index (χ2n) is 8.11. The molecule has 0 atom stereocenters. The van der Waals surface area contributed by atoms with Crippen LogP contribution in [0, 0.1) is 6.92 Å². The summed E-state index contributed by atoms with van der Waals surface area (Å²) in [6, 6.07) is 30.7. The third kappa shape index (κ3) is 6.07. The van der Waals surface area contributed by atoms with Gasteiger partial charge in [0.05, 0.1) is 24.2 Å². The third-order valence-corrected chi connectivity index (χ3v) is 6.64. The number of hydrogen-bond donors (Lipinski definition) is 1. The Labute approximate surface area is 205 Å². The van der Waals surface area contributed by atoms with Crippen molar-refractivity contribution in [2.75, 3.05) is 15.9 Å². The van der Waals surface area contributed by atoms with Crippen LogP contribution in [0.3, 0.4) is 0 Å². The Kier molecular flexibility index (Phi) is 7.17. The Balaban J connectivity index is 1.53. The average molecular weight is 487 g/mol. The molecule has 0 spiro atoms. The summed E-state index contributed by atoms with van der Waals surface area (Å²) in [6.45, 7) is 2.16. The second-order valence-corrected chi connectivity index (χ2v) is 10.0. The van der Waals surface area contributed by atoms with Crippen LogP contribution in [-0.2, 0) is 16.6 Å². The monoisotopic (exact) mass is 486 g/mol. The molecule has 1 amide bonds. The van der Waals surface area contributed by atoms with Crippen molar-refractivity contribution >= 4 is 27.3 Å². The molecule has 4 aromatic rings. The van der Waals surface area contributed by atoms with Crippen molar-refractivity contribution in [2.45, 2.75) is 13.5 Å². The summed E-state index contributed by atoms with van der Waals surface area (Å²) < 4.78 is 32.3. The number of carbonyl (C=O) groups excluding carboxylic acids is 1. The summed E-state index contributed by atoms with van der Waals surface area (Å²) in [5.74, 6) is 0.851. The standard InChI is InChI=1S/C28H26N2O4S/c1-21-10-6-7-11-23(21)20-30(35(2,32)33)24-18-16-22(17-19-24)28(31)29-26-14-8-9-15-27(26)34-25-12-4-3-5-13-25/h3-19H,20H2,1-2H3,(H,29,31). The molecule has 0 unspecified atom stereocenters. The third-order valence-electron chi connectivity index (χ3n) is 5.50. The van der Waals surface area contributed by atoms with Gasteiger partial charge in [0, 0.05) is 5.56 Å². The van der Waals surface area contributed by atoms with Gasteiger partial charge in [-0.1, -0.05) is 54.6 Å². The Morgan fingerprint density at radius 2 is 1.46 bits per heavy atom. The number of hydrogen-bond acceptors (Lipinski definition) is 4. The van der Waals surface area contributed by atoms with Crippen LogP contribution < -0.4 is 14.4 Å². The number of ether oxygens (including phenoxy) is 1. The van der Waals surface area contributed by atoms with E-state index in [-0.39, 0.29) is 12.5 Å². The first-order valence-electron chi connectivity index (χ1n) is 11.1. The number of nitrogens with one attached hydrogen (secondary N) is 1. The van der Waals surface area contributed by atoms with Crippen LogP contribution >= 0.6 is 0 Å². The Morgan fingerprint density at radius 3 is 2.14 bits per heavy atom. The van der Waals surface area contributed by atoms with Gasteiger partial charge < -0.3 is 10.1 Å². The van der Waals surface area contributed by atoms with Crippen molar-refractivity contribution in [1.82, 2.24) is 0 Å². The molecule has 0 saturated heterocycles. The van der Waals surface area contributed by atoms with Gasteiger partial charge in [-0.25, -0.2) is 8.42 Å². The van der Waals surface area contributed by atoms with Crippen molar-refractivity contribution in [2.24, 2.45) is 0 Å². The van der Waals surface area contributed by atoms with E-state index in [0.717, 1.165) is 11.1 Å². The number of nitrogens with zero attached hydrogens (tertiary/aromatic N) is 1. The number of rotatable bonds is 8. The van der Waals surface area contributed by atoms with Crippen molar-refractivity contribution in [3.8, 4) is 11.5 Å². The number of carbonyl (C=O) groups is 1. The molecule has 4 aromatic carbocycles. The molecule has 0 bridgehead atoms. The van der Waals surface area contributed by atoms with Crippen LogP contribution in [-0.4, -0.2) is 20.6 Å². The molecule has 35 heavy (non-hydrogen) atoms. The Bertz CT molecular complexity index is 1420. The molecule has 0 radical (unpaired) electrons. The van der Waals surface area contributed by atoms with Crippen molar-refractivity contribution in [1.29, 1.82) is 0 Å². The normalized spacial score (nSPS) is 11.0. The van der Waals surface area contributed by atoms with E-state index in [2.05, 4.69) is 5.32 Å². The molecular weight excluding hydrogens is 460 g/mol. The minimum Gasteiger partial charge on any atom is -0.455 e. The van der Waals surface area contributed by atoms with Crippen LogP contribution in [0.4, 0.5) is 11.4 Å². The van der Waals surface area contributed by atoms with E-state index < -0.39 is 10.0 Å². The van der Waals surface area contributed by atoms with E-state index in [4.69, 9.17) is 4.74 Å². The molecule has 0 aliphatic heterocycles. The Morgan fingerprint density at radius 1 is 0.829 bits per heavy atom. The highest BCUT2D eigenvalue weighted by molar-refractivity contribution is 7.92. The van der Waals surface area contributed by atoms with Gasteiger partial charge in [0.25, 0.3) is 5.91 Å². The molecule has 0 saturated carbocycles. The van der Waals surface area contributed by atoms with Gasteiger partial charge in [-0.2, -0.15) is 0 Å². The molecule has 6 nitrogen and oxygen atoms in total. The summed E-state index contributed by atoms with van der Waals surface area (Å²) in [4.78, 5) is 12.9. The molecule has 0 aromatic heterocycles. The molecule has 7 heteroatoms. The highest BCUT2D eigenvalue weighted by Gasteiger charge is 2.19. The summed E-state index contributed by atoms with van der Waals surface area (Å²) in [7, 11) is -3.53. The molecule has 178 valence electrons. The Hall–Kier alpha value is -4.10. The van der Waals surface area contributed by atoms with Crippen molar-refractivity contribution in [3.63, 3.8) is 0 Å². The topological polar surface area (TPSA) is 75.7 Å². The minimum atomic E-state index is -3.53. The first-order chi connectivity index (χ1) is 16.8. The lowest BCUT2D eigenvalue weighted by Gasteiger charge is -2.23. The van der Waals surface area contributed by atoms with E-state index in [0.29, 0.717) is 28.4 Å². The molecular formula is C28H26N2O4S. The van der Waals surface area contributed by atoms with Gasteiger partial charge in [-0.3, -0.25) is 9.10 Å². The summed E-state index contributed by atoms with van der Waals surface area (Å²) >= 11 is 0. The van der Waals surface area contributed by atoms with Crippen molar-refractivity contribution < 1.29 is 17.9 Å². The molecule has 0 aliphatic rings. The zero-order valence-electron chi connectivity index (χ0n) is 19.5. The van der Waals surface area contributed by atoms with E-state index >= 15 is 0 Å². The highest BCUT2D eigenvalue weighted by Crippen LogP contribution is 2.30. The zero-order chi connectivity index (χ0) is 24.8. The SMILES string of the molecule is Cc1ccccc1CN(c1ccc(C(=O)Nc2ccccc2Oc2ccccc2)cc1)S(C)(=O)=O. The number of benzene rings is 4. The number of aryl methyl sites for hydroxylation is 1. The molecule has 0 heterocycles. The molecule has 0 fully saturated rings. The maximum atomic E-state index is 12.9. The largest absolute Gasteiger partial charge is 0.455 e. The van der Waals surface area contributed by atoms with Gasteiger partial charge in [0.2, 0.25) is 10.0 Å². The van der Waals surface area contributed by atoms with Gasteiger partial charge in [0.1, 0.15) is 5.75 Å². The predicted molar refractivity (Wildman–Crippen MR) is 140 cm³/mol. The molecule has 1 N–H and O–H groups in total. The zero-order valence-corrected chi connectivity index (χ0v) is 20.3. The summed E-state index contributed by atoms with van der Waals surface area (Å²) in [6.07, 6.45) is 1.18. The van der Waals surface area contributed by atoms with Crippen LogP contribution in [0.5, 0.6) is 11.5 Å². The van der Waals surface area contributed by atoms with Crippen LogP contribution in [0.2, 0.25) is 0 Å². The lowest BCUT2D eigenvalue weighted by molar-refractivity contribution is 0.102. The van der Waals surface area contributed by atoms with Gasteiger partial charge >= 0.3 is 0 Å². The van der Waals surface area contributed by atoms with Crippen LogP contribution in [0.15, 0.2) is 103 Å². The quantitative estimate of drug-likeness (QED) is 0.331. The summed E-state index contributed by atoms with van der Waals surface area (Å²) in [5, 5.41) is 2.88. The average Bonchev–Trinajstić information content (AvgIpc) is 2.85. The smallest absolute Gasteiger partial charge is 0.255 e. The number of amides is 1. The fraction of sp³-hybridized carbons (Fsp3) is 0.107. The number of para-hydroxylation sites is 3. The fourth-order valence-electron chi connectivity index (χ4n) is 3.59. The van der Waals surface area contributed by atoms with E-state index in [1.807, 2.05) is 73.7 Å². The predicted octanol–water partition coefficient (Wildman–Crippen LogP) is 6.01. The minimum absolute atomic E-state index is 0.210. The van der Waals surface area contributed by atoms with Crippen LogP contribution in [0.1, 0.15) is 21.5 Å². The molecule has 4 rings (SSSR count). The highest BCUT2D eigenvalue weighted by atomic mass is 32.2. The van der Waals surface area contributed by atoms with E-state index in [1.165, 1.54) is 10.6 Å². The first kappa shape index (κ1) is 24.0. The lowest BCUT2D eigenvalue weighted by Crippen LogP contribution is -2.29. The first-order valence-corrected chi connectivity index (χ1v) is 12.9. The number of sulfonamides is 1. The molecule has 0 aliphatic carbocycles. The van der Waals surface area contributed by atoms with Gasteiger partial charge in [-0.15, -0.1) is 0 Å². The van der Waals surface area contributed by atoms with E-state index in [9.17, 15) is 13.2 Å². The van der Waals surface area contributed by atoms with E-state index in [1.54, 1.807) is 36.4 Å². The maximum Gasteiger partial charge on any atom is 0.255 e. The van der Waals surface area contributed by atoms with Gasteiger partial charge in [-0.05, 0) is 66.6 Å². The lowest BCUT2D eigenvalue weighted by atomic mass is 10.1. The van der Waals surface area contributed by atoms with Crippen LogP contribution in [0.25, 0.3) is 0 Å². The summed E-state index contributed by atoms with van der Waals surface area (Å²) in [5.41, 5.74) is 3.33. The van der Waals surface area contributed by atoms with Crippen molar-refractivity contribution in [3.05, 3.63) is 120 Å².